The normalized spacial score (nSPS) is 16.5. The van der Waals surface area contributed by atoms with Gasteiger partial charge in [0.15, 0.2) is 0 Å². The fourth-order valence-electron chi connectivity index (χ4n) is 3.46. The van der Waals surface area contributed by atoms with Crippen LogP contribution in [0.5, 0.6) is 5.75 Å². The molecule has 10 heteroatoms. The van der Waals surface area contributed by atoms with Crippen molar-refractivity contribution in [3.63, 3.8) is 0 Å². The van der Waals surface area contributed by atoms with E-state index in [2.05, 4.69) is 5.32 Å². The number of ether oxygens (including phenoxy) is 1. The first kappa shape index (κ1) is 21.4. The maximum Gasteiger partial charge on any atom is 0.416 e. The van der Waals surface area contributed by atoms with Gasteiger partial charge in [0, 0.05) is 22.6 Å². The monoisotopic (exact) mass is 467 g/mol. The van der Waals surface area contributed by atoms with Gasteiger partial charge in [0.25, 0.3) is 0 Å². The number of methoxy groups -OCH3 is 1. The molecule has 162 valence electrons. The van der Waals surface area contributed by atoms with Gasteiger partial charge in [-0.1, -0.05) is 12.1 Å². The fourth-order valence-corrected chi connectivity index (χ4v) is 6.37. The van der Waals surface area contributed by atoms with Crippen LogP contribution in [0.15, 0.2) is 63.7 Å². The fraction of sp³-hybridized carbons (Fsp3) is 0.190. The van der Waals surface area contributed by atoms with Gasteiger partial charge >= 0.3 is 6.18 Å². The van der Waals surface area contributed by atoms with Gasteiger partial charge in [-0.25, -0.2) is 8.42 Å². The predicted octanol–water partition coefficient (Wildman–Crippen LogP) is 5.08. The van der Waals surface area contributed by atoms with Crippen molar-refractivity contribution in [3.8, 4) is 5.75 Å². The van der Waals surface area contributed by atoms with Crippen LogP contribution in [0.25, 0.3) is 0 Å². The smallest absolute Gasteiger partial charge is 0.416 e. The van der Waals surface area contributed by atoms with E-state index < -0.39 is 33.4 Å². The SMILES string of the molecule is COc1ccc(S(=O)(=O)c2csc3c2NC(=O)C[C@@H]3c2ccc(C(F)(F)F)cc2)cc1. The molecule has 1 aliphatic rings. The Bertz CT molecular complexity index is 1230. The number of hydrogen-bond donors (Lipinski definition) is 1. The summed E-state index contributed by atoms with van der Waals surface area (Å²) in [6, 6.07) is 10.5. The minimum absolute atomic E-state index is 0.0148. The number of nitrogens with one attached hydrogen (secondary N) is 1. The molecule has 5 nitrogen and oxygen atoms in total. The zero-order valence-electron chi connectivity index (χ0n) is 16.1. The van der Waals surface area contributed by atoms with Crippen LogP contribution in [0.4, 0.5) is 18.9 Å². The van der Waals surface area contributed by atoms with E-state index in [9.17, 15) is 26.4 Å². The van der Waals surface area contributed by atoms with Crippen molar-refractivity contribution in [1.29, 1.82) is 0 Å². The Balaban J connectivity index is 1.74. The van der Waals surface area contributed by atoms with Crippen LogP contribution < -0.4 is 10.1 Å². The molecule has 0 saturated carbocycles. The number of thiophene rings is 1. The summed E-state index contributed by atoms with van der Waals surface area (Å²) < 4.78 is 70.0. The highest BCUT2D eigenvalue weighted by Gasteiger charge is 2.35. The number of sulfone groups is 1. The highest BCUT2D eigenvalue weighted by atomic mass is 32.2. The number of anilines is 1. The highest BCUT2D eigenvalue weighted by Crippen LogP contribution is 2.46. The summed E-state index contributed by atoms with van der Waals surface area (Å²) in [6.07, 6.45) is -4.45. The van der Waals surface area contributed by atoms with Crippen LogP contribution in [0.3, 0.4) is 0 Å². The van der Waals surface area contributed by atoms with Crippen molar-refractivity contribution < 1.29 is 31.1 Å². The van der Waals surface area contributed by atoms with Crippen LogP contribution in [0, 0.1) is 0 Å². The van der Waals surface area contributed by atoms with Crippen LogP contribution in [0.1, 0.15) is 28.3 Å². The summed E-state index contributed by atoms with van der Waals surface area (Å²) in [5.41, 5.74) is -0.0907. The van der Waals surface area contributed by atoms with Crippen LogP contribution in [-0.4, -0.2) is 21.4 Å². The van der Waals surface area contributed by atoms with Crippen molar-refractivity contribution in [3.05, 3.63) is 69.9 Å². The first-order valence-corrected chi connectivity index (χ1v) is 11.4. The van der Waals surface area contributed by atoms with Crippen molar-refractivity contribution >= 4 is 32.8 Å². The predicted molar refractivity (Wildman–Crippen MR) is 109 cm³/mol. The van der Waals surface area contributed by atoms with E-state index in [1.54, 1.807) is 0 Å². The Labute approximate surface area is 180 Å². The summed E-state index contributed by atoms with van der Waals surface area (Å²) in [6.45, 7) is 0. The van der Waals surface area contributed by atoms with Gasteiger partial charge in [-0.2, -0.15) is 13.2 Å². The third-order valence-electron chi connectivity index (χ3n) is 5.06. The van der Waals surface area contributed by atoms with E-state index in [0.29, 0.717) is 16.2 Å². The third-order valence-corrected chi connectivity index (χ3v) is 8.09. The maximum atomic E-state index is 13.2. The molecule has 1 amide bonds. The quantitative estimate of drug-likeness (QED) is 0.581. The topological polar surface area (TPSA) is 72.5 Å². The number of alkyl halides is 3. The second-order valence-electron chi connectivity index (χ2n) is 6.94. The molecule has 0 spiro atoms. The standard InChI is InChI=1S/C21H16F3NO4S2/c1-29-14-6-8-15(9-7-14)31(27,28)17-11-30-20-16(10-18(26)25-19(17)20)12-2-4-13(5-3-12)21(22,23)24/h2-9,11,16H,10H2,1H3,(H,25,26)/t16-/m1/s1. The molecule has 2 aromatic carbocycles. The van der Waals surface area contributed by atoms with Gasteiger partial charge in [0.2, 0.25) is 15.7 Å². The number of halogens is 3. The minimum Gasteiger partial charge on any atom is -0.497 e. The van der Waals surface area contributed by atoms with Gasteiger partial charge in [-0.15, -0.1) is 11.3 Å². The number of hydrogen-bond acceptors (Lipinski definition) is 5. The molecule has 0 saturated heterocycles. The maximum absolute atomic E-state index is 13.2. The van der Waals surface area contributed by atoms with E-state index in [-0.39, 0.29) is 21.9 Å². The van der Waals surface area contributed by atoms with Crippen molar-refractivity contribution in [2.45, 2.75) is 28.3 Å². The Kier molecular flexibility index (Phi) is 5.30. The number of rotatable bonds is 4. The van der Waals surface area contributed by atoms with Gasteiger partial charge < -0.3 is 10.1 Å². The molecule has 3 aromatic rings. The molecule has 1 N–H and O–H groups in total. The molecule has 0 aliphatic carbocycles. The van der Waals surface area contributed by atoms with Crippen molar-refractivity contribution in [1.82, 2.24) is 0 Å². The molecular weight excluding hydrogens is 451 g/mol. The van der Waals surface area contributed by atoms with Gasteiger partial charge in [-0.05, 0) is 42.0 Å². The molecular formula is C21H16F3NO4S2. The van der Waals surface area contributed by atoms with E-state index in [1.807, 2.05) is 0 Å². The molecule has 2 heterocycles. The Morgan fingerprint density at radius 2 is 1.71 bits per heavy atom. The number of carbonyl (C=O) groups excluding carboxylic acids is 1. The molecule has 1 aliphatic heterocycles. The van der Waals surface area contributed by atoms with Crippen LogP contribution in [-0.2, 0) is 20.8 Å². The molecule has 0 bridgehead atoms. The first-order valence-electron chi connectivity index (χ1n) is 9.09. The molecule has 0 fully saturated rings. The molecule has 0 unspecified atom stereocenters. The Morgan fingerprint density at radius 3 is 2.29 bits per heavy atom. The lowest BCUT2D eigenvalue weighted by Crippen LogP contribution is -2.23. The van der Waals surface area contributed by atoms with E-state index in [4.69, 9.17) is 4.74 Å². The second kappa shape index (κ2) is 7.69. The van der Waals surface area contributed by atoms with E-state index in [0.717, 1.165) is 23.5 Å². The summed E-state index contributed by atoms with van der Waals surface area (Å²) in [5.74, 6) is -0.431. The summed E-state index contributed by atoms with van der Waals surface area (Å²) in [5, 5.41) is 4.08. The third kappa shape index (κ3) is 3.92. The average Bonchev–Trinajstić information content (AvgIpc) is 3.17. The lowest BCUT2D eigenvalue weighted by atomic mass is 9.90. The number of amides is 1. The molecule has 0 radical (unpaired) electrons. The minimum atomic E-state index is -4.46. The summed E-state index contributed by atoms with van der Waals surface area (Å²) in [7, 11) is -2.46. The summed E-state index contributed by atoms with van der Waals surface area (Å²) >= 11 is 1.16. The van der Waals surface area contributed by atoms with Gasteiger partial charge in [0.1, 0.15) is 10.6 Å². The summed E-state index contributed by atoms with van der Waals surface area (Å²) in [4.78, 5) is 12.9. The Morgan fingerprint density at radius 1 is 1.06 bits per heavy atom. The van der Waals surface area contributed by atoms with Crippen molar-refractivity contribution in [2.24, 2.45) is 0 Å². The highest BCUT2D eigenvalue weighted by molar-refractivity contribution is 7.91. The first-order chi connectivity index (χ1) is 14.6. The lowest BCUT2D eigenvalue weighted by molar-refractivity contribution is -0.137. The molecule has 31 heavy (non-hydrogen) atoms. The number of fused-ring (bicyclic) bond motifs is 1. The zero-order valence-corrected chi connectivity index (χ0v) is 17.7. The second-order valence-corrected chi connectivity index (χ2v) is 9.77. The van der Waals surface area contributed by atoms with E-state index >= 15 is 0 Å². The zero-order chi connectivity index (χ0) is 22.4. The van der Waals surface area contributed by atoms with Gasteiger partial charge in [-0.3, -0.25) is 4.79 Å². The molecule has 1 aromatic heterocycles. The van der Waals surface area contributed by atoms with Crippen molar-refractivity contribution in [2.75, 3.05) is 12.4 Å². The molecule has 4 rings (SSSR count). The lowest BCUT2D eigenvalue weighted by Gasteiger charge is -2.24. The van der Waals surface area contributed by atoms with Gasteiger partial charge in [0.05, 0.1) is 23.3 Å². The van der Waals surface area contributed by atoms with Crippen LogP contribution >= 0.6 is 11.3 Å². The number of benzene rings is 2. The Hall–Kier alpha value is -2.85. The van der Waals surface area contributed by atoms with Crippen LogP contribution in [0.2, 0.25) is 0 Å². The molecule has 1 atom stereocenters. The average molecular weight is 467 g/mol. The number of carbonyl (C=O) groups is 1. The largest absolute Gasteiger partial charge is 0.497 e. The van der Waals surface area contributed by atoms with E-state index in [1.165, 1.54) is 48.9 Å².